The highest BCUT2D eigenvalue weighted by Crippen LogP contribution is 2.39. The van der Waals surface area contributed by atoms with Crippen LogP contribution in [0.25, 0.3) is 0 Å². The molecule has 1 unspecified atom stereocenters. The number of nitrogens with one attached hydrogen (secondary N) is 3. The third-order valence-electron chi connectivity index (χ3n) is 5.41. The number of hydrogen-bond donors (Lipinski definition) is 3. The van der Waals surface area contributed by atoms with Gasteiger partial charge in [0.2, 0.25) is 5.91 Å². The molecule has 4 rings (SSSR count). The van der Waals surface area contributed by atoms with E-state index in [1.807, 2.05) is 17.0 Å². The minimum Gasteiger partial charge on any atom is -0.359 e. The smallest absolute Gasteiger partial charge is 0.273 e. The predicted octanol–water partition coefficient (Wildman–Crippen LogP) is 1.42. The SMILES string of the molecule is CNC(=O)c1nnc(N2CCC(C(=O)NC)C2)cc1Nc1ccc(C2CC2)nc1. The summed E-state index contributed by atoms with van der Waals surface area (Å²) >= 11 is 0. The van der Waals surface area contributed by atoms with Crippen molar-refractivity contribution >= 4 is 29.0 Å². The van der Waals surface area contributed by atoms with E-state index in [4.69, 9.17) is 0 Å². The van der Waals surface area contributed by atoms with E-state index >= 15 is 0 Å². The van der Waals surface area contributed by atoms with Crippen LogP contribution in [0.3, 0.4) is 0 Å². The highest BCUT2D eigenvalue weighted by molar-refractivity contribution is 5.98. The Bertz CT molecular complexity index is 912. The first kappa shape index (κ1) is 19.1. The number of amides is 2. The van der Waals surface area contributed by atoms with Crippen molar-refractivity contribution in [3.05, 3.63) is 35.8 Å². The molecule has 0 spiro atoms. The van der Waals surface area contributed by atoms with Gasteiger partial charge in [-0.25, -0.2) is 0 Å². The fraction of sp³-hybridized carbons (Fsp3) is 0.450. The van der Waals surface area contributed by atoms with E-state index < -0.39 is 0 Å². The van der Waals surface area contributed by atoms with Crippen LogP contribution >= 0.6 is 0 Å². The second kappa shape index (κ2) is 8.02. The lowest BCUT2D eigenvalue weighted by Gasteiger charge is -2.19. The van der Waals surface area contributed by atoms with Crippen LogP contribution in [0, 0.1) is 5.92 Å². The van der Waals surface area contributed by atoms with Crippen molar-refractivity contribution in [3.63, 3.8) is 0 Å². The first-order valence-electron chi connectivity index (χ1n) is 9.88. The van der Waals surface area contributed by atoms with Gasteiger partial charge in [0.1, 0.15) is 0 Å². The summed E-state index contributed by atoms with van der Waals surface area (Å²) in [6.07, 6.45) is 4.93. The Labute approximate surface area is 169 Å². The summed E-state index contributed by atoms with van der Waals surface area (Å²) in [7, 11) is 3.20. The number of aromatic nitrogens is 3. The molecule has 9 heteroatoms. The molecular formula is C20H25N7O2. The second-order valence-electron chi connectivity index (χ2n) is 7.46. The van der Waals surface area contributed by atoms with E-state index in [0.717, 1.165) is 17.8 Å². The highest BCUT2D eigenvalue weighted by Gasteiger charge is 2.29. The van der Waals surface area contributed by atoms with Gasteiger partial charge in [-0.05, 0) is 31.4 Å². The summed E-state index contributed by atoms with van der Waals surface area (Å²) in [5.74, 6) is 0.856. The van der Waals surface area contributed by atoms with Gasteiger partial charge in [0, 0.05) is 44.9 Å². The Morgan fingerprint density at radius 3 is 2.59 bits per heavy atom. The molecule has 0 aromatic carbocycles. The summed E-state index contributed by atoms with van der Waals surface area (Å²) < 4.78 is 0. The van der Waals surface area contributed by atoms with Crippen molar-refractivity contribution < 1.29 is 9.59 Å². The van der Waals surface area contributed by atoms with Crippen molar-refractivity contribution in [2.24, 2.45) is 5.92 Å². The van der Waals surface area contributed by atoms with Crippen molar-refractivity contribution in [3.8, 4) is 0 Å². The zero-order chi connectivity index (χ0) is 20.4. The lowest BCUT2D eigenvalue weighted by Crippen LogP contribution is -2.30. The average Bonchev–Trinajstić information content (AvgIpc) is 3.49. The van der Waals surface area contributed by atoms with E-state index in [-0.39, 0.29) is 23.4 Å². The summed E-state index contributed by atoms with van der Waals surface area (Å²) in [5, 5.41) is 16.9. The summed E-state index contributed by atoms with van der Waals surface area (Å²) in [6.45, 7) is 1.29. The zero-order valence-electron chi connectivity index (χ0n) is 16.6. The lowest BCUT2D eigenvalue weighted by molar-refractivity contribution is -0.123. The molecule has 1 atom stereocenters. The Morgan fingerprint density at radius 2 is 1.93 bits per heavy atom. The molecule has 1 saturated heterocycles. The van der Waals surface area contributed by atoms with Gasteiger partial charge in [-0.15, -0.1) is 10.2 Å². The number of rotatable bonds is 6. The molecule has 2 aromatic heterocycles. The van der Waals surface area contributed by atoms with Crippen molar-refractivity contribution in [2.45, 2.75) is 25.2 Å². The fourth-order valence-electron chi connectivity index (χ4n) is 3.56. The van der Waals surface area contributed by atoms with Crippen LogP contribution in [0.1, 0.15) is 41.4 Å². The quantitative estimate of drug-likeness (QED) is 0.678. The molecule has 3 N–H and O–H groups in total. The van der Waals surface area contributed by atoms with Gasteiger partial charge in [0.15, 0.2) is 11.5 Å². The first-order chi connectivity index (χ1) is 14.1. The number of nitrogens with zero attached hydrogens (tertiary/aromatic N) is 4. The highest BCUT2D eigenvalue weighted by atomic mass is 16.2. The first-order valence-corrected chi connectivity index (χ1v) is 9.88. The molecule has 2 aromatic rings. The van der Waals surface area contributed by atoms with E-state index in [1.54, 1.807) is 26.4 Å². The predicted molar refractivity (Wildman–Crippen MR) is 109 cm³/mol. The Kier molecular flexibility index (Phi) is 5.28. The van der Waals surface area contributed by atoms with Gasteiger partial charge in [-0.3, -0.25) is 14.6 Å². The maximum atomic E-state index is 12.3. The van der Waals surface area contributed by atoms with Gasteiger partial charge >= 0.3 is 0 Å². The number of hydrogen-bond acceptors (Lipinski definition) is 7. The van der Waals surface area contributed by atoms with Gasteiger partial charge < -0.3 is 20.9 Å². The summed E-state index contributed by atoms with van der Waals surface area (Å²) in [6, 6.07) is 5.79. The van der Waals surface area contributed by atoms with Gasteiger partial charge in [0.05, 0.1) is 23.5 Å². The number of anilines is 3. The molecule has 1 aliphatic carbocycles. The molecular weight excluding hydrogens is 370 g/mol. The maximum absolute atomic E-state index is 12.3. The molecule has 0 radical (unpaired) electrons. The molecule has 2 fully saturated rings. The third-order valence-corrected chi connectivity index (χ3v) is 5.41. The summed E-state index contributed by atoms with van der Waals surface area (Å²) in [5.41, 5.74) is 2.65. The minimum atomic E-state index is -0.321. The van der Waals surface area contributed by atoms with Gasteiger partial charge in [0.25, 0.3) is 5.91 Å². The van der Waals surface area contributed by atoms with Crippen LogP contribution in [0.15, 0.2) is 24.4 Å². The van der Waals surface area contributed by atoms with Crippen molar-refractivity contribution in [1.29, 1.82) is 0 Å². The Hall–Kier alpha value is -3.23. The van der Waals surface area contributed by atoms with Gasteiger partial charge in [-0.1, -0.05) is 0 Å². The molecule has 3 heterocycles. The van der Waals surface area contributed by atoms with Crippen molar-refractivity contribution in [1.82, 2.24) is 25.8 Å². The topological polar surface area (TPSA) is 112 Å². The summed E-state index contributed by atoms with van der Waals surface area (Å²) in [4.78, 5) is 30.7. The van der Waals surface area contributed by atoms with E-state index in [1.165, 1.54) is 12.8 Å². The average molecular weight is 395 g/mol. The van der Waals surface area contributed by atoms with Crippen LogP contribution in [0.5, 0.6) is 0 Å². The maximum Gasteiger partial charge on any atom is 0.273 e. The second-order valence-corrected chi connectivity index (χ2v) is 7.46. The largest absolute Gasteiger partial charge is 0.359 e. The van der Waals surface area contributed by atoms with E-state index in [9.17, 15) is 9.59 Å². The monoisotopic (exact) mass is 395 g/mol. The zero-order valence-corrected chi connectivity index (χ0v) is 16.6. The normalized spacial score (nSPS) is 18.4. The minimum absolute atomic E-state index is 0.0302. The Morgan fingerprint density at radius 1 is 1.10 bits per heavy atom. The molecule has 2 amide bonds. The van der Waals surface area contributed by atoms with Crippen molar-refractivity contribution in [2.75, 3.05) is 37.4 Å². The molecule has 1 aliphatic heterocycles. The van der Waals surface area contributed by atoms with Gasteiger partial charge in [-0.2, -0.15) is 0 Å². The molecule has 29 heavy (non-hydrogen) atoms. The fourth-order valence-corrected chi connectivity index (χ4v) is 3.56. The molecule has 1 saturated carbocycles. The van der Waals surface area contributed by atoms with E-state index in [2.05, 4.69) is 31.1 Å². The van der Waals surface area contributed by atoms with Crippen LogP contribution in [0.2, 0.25) is 0 Å². The number of carbonyl (C=O) groups is 2. The number of pyridine rings is 1. The third kappa shape index (κ3) is 4.13. The molecule has 9 nitrogen and oxygen atoms in total. The molecule has 2 aliphatic rings. The number of carbonyl (C=O) groups excluding carboxylic acids is 2. The Balaban J connectivity index is 1.57. The standard InChI is InChI=1S/C20H25N7O2/c1-21-19(28)13-7-8-27(11-13)17-9-16(18(26-25-17)20(29)22-2)24-14-5-6-15(23-10-14)12-3-4-12/h5-6,9-10,12-13H,3-4,7-8,11H2,1-2H3,(H,21,28)(H,22,29)(H,24,25). The molecule has 0 bridgehead atoms. The van der Waals surface area contributed by atoms with Crippen LogP contribution in [-0.4, -0.2) is 54.2 Å². The van der Waals surface area contributed by atoms with Crippen LogP contribution in [0.4, 0.5) is 17.2 Å². The molecule has 152 valence electrons. The lowest BCUT2D eigenvalue weighted by atomic mass is 10.1. The van der Waals surface area contributed by atoms with E-state index in [0.29, 0.717) is 30.5 Å². The van der Waals surface area contributed by atoms with Crippen LogP contribution < -0.4 is 20.9 Å². The van der Waals surface area contributed by atoms with Crippen LogP contribution in [-0.2, 0) is 4.79 Å².